The summed E-state index contributed by atoms with van der Waals surface area (Å²) < 4.78 is 5.70. The van der Waals surface area contributed by atoms with Crippen molar-refractivity contribution in [2.24, 2.45) is 0 Å². The van der Waals surface area contributed by atoms with Crippen molar-refractivity contribution in [2.75, 3.05) is 32.6 Å². The Morgan fingerprint density at radius 2 is 2.00 bits per heavy atom. The van der Waals surface area contributed by atoms with Crippen LogP contribution < -0.4 is 15.4 Å². The molecule has 0 atom stereocenters. The zero-order valence-electron chi connectivity index (χ0n) is 14.1. The number of hydrogen-bond acceptors (Lipinski definition) is 4. The maximum Gasteiger partial charge on any atom is 0.255 e. The molecule has 3 rings (SSSR count). The van der Waals surface area contributed by atoms with Gasteiger partial charge < -0.3 is 20.3 Å². The fourth-order valence-electron chi connectivity index (χ4n) is 2.65. The maximum atomic E-state index is 12.4. The number of rotatable bonds is 6. The Hall–Kier alpha value is -2.37. The van der Waals surface area contributed by atoms with E-state index in [4.69, 9.17) is 4.74 Å². The first-order chi connectivity index (χ1) is 11.6. The lowest BCUT2D eigenvalue weighted by molar-refractivity contribution is 0.102. The van der Waals surface area contributed by atoms with Crippen LogP contribution in [-0.2, 0) is 13.1 Å². The topological polar surface area (TPSA) is 53.6 Å². The average molecular weight is 325 g/mol. The van der Waals surface area contributed by atoms with Crippen molar-refractivity contribution >= 4 is 11.6 Å². The summed E-state index contributed by atoms with van der Waals surface area (Å²) in [7, 11) is 4.01. The molecule has 1 amide bonds. The standard InChI is InChI=1S/C19H23N3O2/c1-22(2)8-9-24-18-5-3-4-17(11-18)21-19(23)14-6-7-15-12-20-13-16(15)10-14/h3-7,10-11,20H,8-9,12-13H2,1-2H3,(H,21,23). The number of ether oxygens (including phenoxy) is 1. The normalized spacial score (nSPS) is 13.0. The van der Waals surface area contributed by atoms with Crippen LogP contribution in [0, 0.1) is 0 Å². The lowest BCUT2D eigenvalue weighted by Crippen LogP contribution is -2.19. The quantitative estimate of drug-likeness (QED) is 0.857. The highest BCUT2D eigenvalue weighted by molar-refractivity contribution is 6.04. The third-order valence-corrected chi connectivity index (χ3v) is 4.00. The van der Waals surface area contributed by atoms with Gasteiger partial charge in [0.1, 0.15) is 12.4 Å². The van der Waals surface area contributed by atoms with Gasteiger partial charge in [-0.3, -0.25) is 4.79 Å². The van der Waals surface area contributed by atoms with Gasteiger partial charge in [-0.1, -0.05) is 12.1 Å². The fourth-order valence-corrected chi connectivity index (χ4v) is 2.65. The number of benzene rings is 2. The third kappa shape index (κ3) is 4.13. The van der Waals surface area contributed by atoms with E-state index < -0.39 is 0 Å². The summed E-state index contributed by atoms with van der Waals surface area (Å²) in [5.41, 5.74) is 3.88. The minimum Gasteiger partial charge on any atom is -0.492 e. The molecule has 24 heavy (non-hydrogen) atoms. The van der Waals surface area contributed by atoms with Crippen molar-refractivity contribution in [3.63, 3.8) is 0 Å². The molecule has 1 heterocycles. The third-order valence-electron chi connectivity index (χ3n) is 4.00. The zero-order valence-corrected chi connectivity index (χ0v) is 14.1. The zero-order chi connectivity index (χ0) is 16.9. The molecule has 1 aliphatic heterocycles. The number of carbonyl (C=O) groups is 1. The average Bonchev–Trinajstić information content (AvgIpc) is 3.02. The SMILES string of the molecule is CN(C)CCOc1cccc(NC(=O)c2ccc3c(c2)CNC3)c1. The Bertz CT molecular complexity index is 728. The molecule has 0 aliphatic carbocycles. The van der Waals surface area contributed by atoms with Gasteiger partial charge in [0.15, 0.2) is 0 Å². The van der Waals surface area contributed by atoms with Crippen LogP contribution in [0.2, 0.25) is 0 Å². The van der Waals surface area contributed by atoms with E-state index in [2.05, 4.69) is 15.5 Å². The summed E-state index contributed by atoms with van der Waals surface area (Å²) in [4.78, 5) is 14.5. The number of amides is 1. The summed E-state index contributed by atoms with van der Waals surface area (Å²) >= 11 is 0. The Balaban J connectivity index is 1.64. The summed E-state index contributed by atoms with van der Waals surface area (Å²) in [6.45, 7) is 3.16. The summed E-state index contributed by atoms with van der Waals surface area (Å²) in [6, 6.07) is 13.3. The second kappa shape index (κ2) is 7.47. The molecule has 5 heteroatoms. The Morgan fingerprint density at radius 3 is 2.83 bits per heavy atom. The van der Waals surface area contributed by atoms with Gasteiger partial charge in [0, 0.05) is 37.0 Å². The second-order valence-electron chi connectivity index (χ2n) is 6.22. The van der Waals surface area contributed by atoms with Crippen molar-refractivity contribution in [3.05, 3.63) is 59.2 Å². The van der Waals surface area contributed by atoms with Gasteiger partial charge in [-0.25, -0.2) is 0 Å². The number of nitrogens with one attached hydrogen (secondary N) is 2. The molecule has 0 saturated heterocycles. The van der Waals surface area contributed by atoms with Crippen LogP contribution in [-0.4, -0.2) is 38.1 Å². The predicted molar refractivity (Wildman–Crippen MR) is 95.4 cm³/mol. The van der Waals surface area contributed by atoms with Crippen molar-refractivity contribution in [1.29, 1.82) is 0 Å². The van der Waals surface area contributed by atoms with Crippen LogP contribution in [0.5, 0.6) is 5.75 Å². The van der Waals surface area contributed by atoms with Crippen molar-refractivity contribution in [1.82, 2.24) is 10.2 Å². The van der Waals surface area contributed by atoms with Crippen molar-refractivity contribution < 1.29 is 9.53 Å². The van der Waals surface area contributed by atoms with Crippen LogP contribution in [0.4, 0.5) is 5.69 Å². The van der Waals surface area contributed by atoms with Gasteiger partial charge in [-0.05, 0) is 49.5 Å². The first-order valence-electron chi connectivity index (χ1n) is 8.13. The molecule has 2 N–H and O–H groups in total. The van der Waals surface area contributed by atoms with E-state index in [1.54, 1.807) is 0 Å². The first kappa shape index (κ1) is 16.5. The molecular weight excluding hydrogens is 302 g/mol. The van der Waals surface area contributed by atoms with E-state index in [1.807, 2.05) is 56.6 Å². The van der Waals surface area contributed by atoms with Gasteiger partial charge in [-0.2, -0.15) is 0 Å². The van der Waals surface area contributed by atoms with Gasteiger partial charge in [0.05, 0.1) is 0 Å². The molecular formula is C19H23N3O2. The lowest BCUT2D eigenvalue weighted by Gasteiger charge is -2.12. The Kier molecular flexibility index (Phi) is 5.13. The molecule has 2 aromatic rings. The molecule has 1 aliphatic rings. The van der Waals surface area contributed by atoms with E-state index in [0.717, 1.165) is 31.1 Å². The number of nitrogens with zero attached hydrogens (tertiary/aromatic N) is 1. The van der Waals surface area contributed by atoms with Crippen LogP contribution in [0.3, 0.4) is 0 Å². The van der Waals surface area contributed by atoms with Gasteiger partial charge in [-0.15, -0.1) is 0 Å². The van der Waals surface area contributed by atoms with Crippen LogP contribution >= 0.6 is 0 Å². The molecule has 0 bridgehead atoms. The molecule has 126 valence electrons. The highest BCUT2D eigenvalue weighted by Gasteiger charge is 2.13. The molecule has 0 spiro atoms. The highest BCUT2D eigenvalue weighted by Crippen LogP contribution is 2.20. The molecule has 0 radical (unpaired) electrons. The fraction of sp³-hybridized carbons (Fsp3) is 0.316. The van der Waals surface area contributed by atoms with E-state index in [9.17, 15) is 4.79 Å². The highest BCUT2D eigenvalue weighted by atomic mass is 16.5. The number of anilines is 1. The summed E-state index contributed by atoms with van der Waals surface area (Å²) in [5.74, 6) is 0.656. The molecule has 0 unspecified atom stereocenters. The Labute approximate surface area is 142 Å². The molecule has 2 aromatic carbocycles. The van der Waals surface area contributed by atoms with Crippen LogP contribution in [0.25, 0.3) is 0 Å². The Morgan fingerprint density at radius 1 is 1.17 bits per heavy atom. The number of fused-ring (bicyclic) bond motifs is 1. The van der Waals surface area contributed by atoms with Crippen LogP contribution in [0.15, 0.2) is 42.5 Å². The van der Waals surface area contributed by atoms with Gasteiger partial charge in [0.2, 0.25) is 0 Å². The predicted octanol–water partition coefficient (Wildman–Crippen LogP) is 2.48. The second-order valence-corrected chi connectivity index (χ2v) is 6.22. The minimum absolute atomic E-state index is 0.102. The maximum absolute atomic E-state index is 12.4. The summed E-state index contributed by atoms with van der Waals surface area (Å²) in [5, 5.41) is 6.23. The summed E-state index contributed by atoms with van der Waals surface area (Å²) in [6.07, 6.45) is 0. The van der Waals surface area contributed by atoms with Crippen molar-refractivity contribution in [3.8, 4) is 5.75 Å². The van der Waals surface area contributed by atoms with Gasteiger partial charge in [0.25, 0.3) is 5.91 Å². The monoisotopic (exact) mass is 325 g/mol. The van der Waals surface area contributed by atoms with E-state index >= 15 is 0 Å². The van der Waals surface area contributed by atoms with Crippen LogP contribution in [0.1, 0.15) is 21.5 Å². The minimum atomic E-state index is -0.102. The molecule has 0 saturated carbocycles. The largest absolute Gasteiger partial charge is 0.492 e. The van der Waals surface area contributed by atoms with E-state index in [1.165, 1.54) is 11.1 Å². The molecule has 0 aromatic heterocycles. The first-order valence-corrected chi connectivity index (χ1v) is 8.13. The number of likely N-dealkylation sites (N-methyl/N-ethyl adjacent to an activating group) is 1. The lowest BCUT2D eigenvalue weighted by atomic mass is 10.1. The number of hydrogen-bond donors (Lipinski definition) is 2. The van der Waals surface area contributed by atoms with E-state index in [0.29, 0.717) is 12.2 Å². The molecule has 0 fully saturated rings. The van der Waals surface area contributed by atoms with Crippen molar-refractivity contribution in [2.45, 2.75) is 13.1 Å². The van der Waals surface area contributed by atoms with E-state index in [-0.39, 0.29) is 5.91 Å². The molecule has 5 nitrogen and oxygen atoms in total. The number of carbonyl (C=O) groups excluding carboxylic acids is 1. The van der Waals surface area contributed by atoms with Gasteiger partial charge >= 0.3 is 0 Å². The smallest absolute Gasteiger partial charge is 0.255 e.